The van der Waals surface area contributed by atoms with Crippen LogP contribution in [0.2, 0.25) is 10.0 Å². The number of amides is 2. The van der Waals surface area contributed by atoms with Crippen LogP contribution < -0.4 is 16.0 Å². The second-order valence-electron chi connectivity index (χ2n) is 10.8. The van der Waals surface area contributed by atoms with Crippen molar-refractivity contribution in [2.75, 3.05) is 36.4 Å². The number of carbonyl (C=O) groups is 2. The van der Waals surface area contributed by atoms with Crippen molar-refractivity contribution in [3.63, 3.8) is 0 Å². The van der Waals surface area contributed by atoms with Crippen LogP contribution in [-0.2, 0) is 11.2 Å². The number of aromatic nitrogens is 4. The van der Waals surface area contributed by atoms with Gasteiger partial charge in [0.25, 0.3) is 5.91 Å². The summed E-state index contributed by atoms with van der Waals surface area (Å²) in [5.74, 6) is -0.974. The summed E-state index contributed by atoms with van der Waals surface area (Å²) in [4.78, 5) is 33.1. The van der Waals surface area contributed by atoms with Crippen LogP contribution in [0.5, 0.6) is 0 Å². The lowest BCUT2D eigenvalue weighted by Crippen LogP contribution is -2.50. The first-order valence-electron chi connectivity index (χ1n) is 13.2. The lowest BCUT2D eigenvalue weighted by Gasteiger charge is -2.36. The van der Waals surface area contributed by atoms with Crippen molar-refractivity contribution in [1.29, 1.82) is 0 Å². The molecule has 0 spiro atoms. The molecule has 0 atom stereocenters. The summed E-state index contributed by atoms with van der Waals surface area (Å²) in [6.07, 6.45) is 1.21. The fraction of sp³-hybridized carbons (Fsp3) is 0.321. The molecule has 14 heteroatoms. The van der Waals surface area contributed by atoms with Crippen molar-refractivity contribution in [3.05, 3.63) is 75.5 Å². The number of nitrogens with zero attached hydrogens (tertiary/aromatic N) is 6. The van der Waals surface area contributed by atoms with Crippen LogP contribution in [0, 0.1) is 5.82 Å². The summed E-state index contributed by atoms with van der Waals surface area (Å²) >= 11 is 12.8. The largest absolute Gasteiger partial charge is 0.444 e. The van der Waals surface area contributed by atoms with Crippen molar-refractivity contribution < 1.29 is 18.7 Å². The first-order chi connectivity index (χ1) is 19.9. The van der Waals surface area contributed by atoms with Crippen LogP contribution in [0.1, 0.15) is 42.5 Å². The van der Waals surface area contributed by atoms with E-state index in [0.717, 1.165) is 0 Å². The third-order valence-corrected chi connectivity index (χ3v) is 7.38. The number of nitrogens with one attached hydrogen (secondary N) is 1. The highest BCUT2D eigenvalue weighted by Gasteiger charge is 2.27. The Morgan fingerprint density at radius 3 is 2.40 bits per heavy atom. The van der Waals surface area contributed by atoms with E-state index in [2.05, 4.69) is 20.5 Å². The number of piperazine rings is 1. The average Bonchev–Trinajstić information content (AvgIpc) is 3.41. The van der Waals surface area contributed by atoms with Crippen molar-refractivity contribution >= 4 is 58.0 Å². The number of hydrogen-bond acceptors (Lipinski definition) is 8. The maximum absolute atomic E-state index is 15.4. The molecule has 4 aromatic rings. The number of nitrogens with two attached hydrogens (primary N) is 1. The highest BCUT2D eigenvalue weighted by Crippen LogP contribution is 2.31. The Bertz CT molecular complexity index is 1640. The molecule has 1 aliphatic heterocycles. The fourth-order valence-corrected chi connectivity index (χ4v) is 5.17. The molecule has 0 unspecified atom stereocenters. The number of anilines is 3. The summed E-state index contributed by atoms with van der Waals surface area (Å²) < 4.78 is 22.4. The molecule has 1 fully saturated rings. The van der Waals surface area contributed by atoms with E-state index in [9.17, 15) is 9.59 Å². The monoisotopic (exact) mass is 614 g/mol. The summed E-state index contributed by atoms with van der Waals surface area (Å²) in [6.45, 7) is 7.37. The van der Waals surface area contributed by atoms with Gasteiger partial charge in [-0.25, -0.2) is 14.2 Å². The van der Waals surface area contributed by atoms with Crippen LogP contribution in [0.15, 0.2) is 42.7 Å². The number of primary amides is 1. The maximum Gasteiger partial charge on any atom is 0.410 e. The van der Waals surface area contributed by atoms with Gasteiger partial charge in [0.1, 0.15) is 35.0 Å². The van der Waals surface area contributed by atoms with E-state index in [-0.39, 0.29) is 35.2 Å². The molecule has 11 nitrogen and oxygen atoms in total. The second-order valence-corrected chi connectivity index (χ2v) is 11.6. The molecule has 42 heavy (non-hydrogen) atoms. The number of fused-ring (bicyclic) bond motifs is 1. The average molecular weight is 615 g/mol. The fourth-order valence-electron chi connectivity index (χ4n) is 4.64. The minimum atomic E-state index is -0.815. The van der Waals surface area contributed by atoms with Gasteiger partial charge >= 0.3 is 6.09 Å². The lowest BCUT2D eigenvalue weighted by molar-refractivity contribution is 0.0240. The van der Waals surface area contributed by atoms with Gasteiger partial charge in [-0.05, 0) is 56.7 Å². The van der Waals surface area contributed by atoms with Crippen LogP contribution >= 0.6 is 23.2 Å². The molecule has 1 saturated heterocycles. The van der Waals surface area contributed by atoms with Gasteiger partial charge in [-0.15, -0.1) is 10.2 Å². The number of hydrogen-bond donors (Lipinski definition) is 2. The molecule has 2 aromatic heterocycles. The molecular formula is C28H29Cl2FN8O3. The molecule has 2 aromatic carbocycles. The third kappa shape index (κ3) is 6.19. The van der Waals surface area contributed by atoms with E-state index in [0.29, 0.717) is 53.3 Å². The van der Waals surface area contributed by atoms with Gasteiger partial charge in [0.05, 0.1) is 5.69 Å². The molecule has 0 saturated carbocycles. The molecule has 2 amide bonds. The first kappa shape index (κ1) is 29.3. The number of benzene rings is 2. The highest BCUT2D eigenvalue weighted by atomic mass is 35.5. The zero-order chi connectivity index (χ0) is 30.2. The molecule has 3 N–H and O–H groups in total. The molecule has 220 valence electrons. The lowest BCUT2D eigenvalue weighted by atomic mass is 10.1. The molecule has 3 heterocycles. The summed E-state index contributed by atoms with van der Waals surface area (Å²) in [5.41, 5.74) is 6.55. The minimum Gasteiger partial charge on any atom is -0.444 e. The smallest absolute Gasteiger partial charge is 0.410 e. The Morgan fingerprint density at radius 1 is 1.10 bits per heavy atom. The van der Waals surface area contributed by atoms with Gasteiger partial charge in [0, 0.05) is 48.3 Å². The summed E-state index contributed by atoms with van der Waals surface area (Å²) in [7, 11) is 0. The number of halogens is 3. The quantitative estimate of drug-likeness (QED) is 0.308. The maximum atomic E-state index is 15.4. The standard InChI is InChI=1S/C28H29Cl2FN8O3/c1-28(2,3)42-27(41)38-11-9-37(10-12-38)16-7-8-21(20(31)13-16)34-25-23(24(32)40)26-36-33-15-39(26)22(35-25)14-17-18(29)5-4-6-19(17)30/h4-8,13,15,34H,9-12,14H2,1-3H3,(H2,32,40). The van der Waals surface area contributed by atoms with Crippen molar-refractivity contribution in [3.8, 4) is 0 Å². The first-order valence-corrected chi connectivity index (χ1v) is 13.9. The molecular weight excluding hydrogens is 586 g/mol. The summed E-state index contributed by atoms with van der Waals surface area (Å²) in [6, 6.07) is 9.82. The van der Waals surface area contributed by atoms with E-state index in [1.807, 2.05) is 25.7 Å². The Kier molecular flexibility index (Phi) is 8.11. The van der Waals surface area contributed by atoms with E-state index in [4.69, 9.17) is 33.7 Å². The van der Waals surface area contributed by atoms with Gasteiger partial charge in [-0.1, -0.05) is 29.3 Å². The molecule has 5 rings (SSSR count). The van der Waals surface area contributed by atoms with E-state index >= 15 is 4.39 Å². The Morgan fingerprint density at radius 2 is 1.79 bits per heavy atom. The molecule has 0 aliphatic carbocycles. The Hall–Kier alpha value is -4.16. The van der Waals surface area contributed by atoms with Crippen LogP contribution in [0.3, 0.4) is 0 Å². The zero-order valence-corrected chi connectivity index (χ0v) is 24.7. The van der Waals surface area contributed by atoms with E-state index in [1.54, 1.807) is 35.2 Å². The van der Waals surface area contributed by atoms with Gasteiger partial charge in [-0.3, -0.25) is 9.20 Å². The third-order valence-electron chi connectivity index (χ3n) is 6.67. The predicted octanol–water partition coefficient (Wildman–Crippen LogP) is 5.06. The normalized spacial score (nSPS) is 13.9. The minimum absolute atomic E-state index is 0.0128. The van der Waals surface area contributed by atoms with Crippen LogP contribution in [0.25, 0.3) is 5.65 Å². The molecule has 0 radical (unpaired) electrons. The van der Waals surface area contributed by atoms with Crippen molar-refractivity contribution in [1.82, 2.24) is 24.5 Å². The van der Waals surface area contributed by atoms with Gasteiger partial charge in [0.2, 0.25) is 0 Å². The second kappa shape index (κ2) is 11.6. The Labute approximate surface area is 251 Å². The van der Waals surface area contributed by atoms with Crippen molar-refractivity contribution in [2.45, 2.75) is 32.8 Å². The molecule has 1 aliphatic rings. The highest BCUT2D eigenvalue weighted by molar-refractivity contribution is 6.36. The Balaban J connectivity index is 1.39. The van der Waals surface area contributed by atoms with Gasteiger partial charge < -0.3 is 25.6 Å². The van der Waals surface area contributed by atoms with E-state index < -0.39 is 17.3 Å². The number of rotatable bonds is 6. The van der Waals surface area contributed by atoms with Crippen LogP contribution in [0.4, 0.5) is 26.4 Å². The van der Waals surface area contributed by atoms with Crippen LogP contribution in [-0.4, -0.2) is 68.3 Å². The predicted molar refractivity (Wildman–Crippen MR) is 158 cm³/mol. The number of carbonyl (C=O) groups excluding carboxylic acids is 2. The molecule has 0 bridgehead atoms. The number of ether oxygens (including phenoxy) is 1. The van der Waals surface area contributed by atoms with Gasteiger partial charge in [-0.2, -0.15) is 0 Å². The summed E-state index contributed by atoms with van der Waals surface area (Å²) in [5, 5.41) is 11.8. The topological polar surface area (TPSA) is 131 Å². The van der Waals surface area contributed by atoms with Crippen molar-refractivity contribution in [2.24, 2.45) is 5.73 Å². The van der Waals surface area contributed by atoms with E-state index in [1.165, 1.54) is 16.8 Å². The zero-order valence-electron chi connectivity index (χ0n) is 23.2. The van der Waals surface area contributed by atoms with Gasteiger partial charge in [0.15, 0.2) is 5.65 Å². The SMILES string of the molecule is CC(C)(C)OC(=O)N1CCN(c2ccc(Nc3nc(Cc4c(Cl)cccc4Cl)n4cnnc4c3C(N)=O)c(F)c2)CC1.